The average Bonchev–Trinajstić information content (AvgIpc) is 2.30. The van der Waals surface area contributed by atoms with Gasteiger partial charge in [0.2, 0.25) is 0 Å². The van der Waals surface area contributed by atoms with Crippen molar-refractivity contribution in [1.82, 2.24) is 0 Å². The maximum absolute atomic E-state index is 13.3. The Morgan fingerprint density at radius 1 is 1.11 bits per heavy atom. The van der Waals surface area contributed by atoms with Gasteiger partial charge in [-0.2, -0.15) is 0 Å². The highest BCUT2D eigenvalue weighted by Gasteiger charge is 2.11. The molecule has 0 aromatic heterocycles. The zero-order chi connectivity index (χ0) is 14.0. The number of hydrogen-bond acceptors (Lipinski definition) is 1. The summed E-state index contributed by atoms with van der Waals surface area (Å²) >= 11 is 6.75. The third-order valence-corrected chi connectivity index (χ3v) is 3.97. The number of benzene rings is 2. The number of aryl methyl sites for hydroxylation is 1. The van der Waals surface area contributed by atoms with Crippen LogP contribution in [0.25, 0.3) is 0 Å². The third kappa shape index (κ3) is 3.88. The van der Waals surface area contributed by atoms with Gasteiger partial charge in [0.1, 0.15) is 5.82 Å². The molecule has 100 valence electrons. The summed E-state index contributed by atoms with van der Waals surface area (Å²) in [5.74, 6) is -0.248. The first-order valence-electron chi connectivity index (χ1n) is 5.92. The van der Waals surface area contributed by atoms with Gasteiger partial charge in [-0.05, 0) is 60.4 Å². The molecule has 0 saturated carbocycles. The first kappa shape index (κ1) is 14.7. The maximum atomic E-state index is 13.3. The Morgan fingerprint density at radius 3 is 2.53 bits per heavy atom. The fourth-order valence-electron chi connectivity index (χ4n) is 2.10. The van der Waals surface area contributed by atoms with Crippen molar-refractivity contribution in [1.29, 1.82) is 0 Å². The Morgan fingerprint density at radius 2 is 1.84 bits per heavy atom. The van der Waals surface area contributed by atoms with E-state index in [1.54, 1.807) is 0 Å². The Bertz CT molecular complexity index is 578. The topological polar surface area (TPSA) is 26.0 Å². The molecule has 0 heterocycles. The third-order valence-electron chi connectivity index (χ3n) is 3.02. The highest BCUT2D eigenvalue weighted by atomic mass is 79.9. The lowest BCUT2D eigenvalue weighted by Crippen LogP contribution is -2.14. The summed E-state index contributed by atoms with van der Waals surface area (Å²) in [6.07, 6.45) is 0.605. The van der Waals surface area contributed by atoms with Crippen LogP contribution in [0, 0.1) is 12.7 Å². The monoisotopic (exact) mass is 385 g/mol. The lowest BCUT2D eigenvalue weighted by molar-refractivity contribution is 0.621. The maximum Gasteiger partial charge on any atom is 0.124 e. The zero-order valence-electron chi connectivity index (χ0n) is 10.5. The van der Waals surface area contributed by atoms with E-state index in [0.717, 1.165) is 25.6 Å². The van der Waals surface area contributed by atoms with Crippen LogP contribution in [0.3, 0.4) is 0 Å². The van der Waals surface area contributed by atoms with Crippen LogP contribution in [0.4, 0.5) is 4.39 Å². The van der Waals surface area contributed by atoms with Crippen LogP contribution in [0.5, 0.6) is 0 Å². The second-order valence-corrected chi connectivity index (χ2v) is 6.42. The van der Waals surface area contributed by atoms with Gasteiger partial charge in [-0.15, -0.1) is 0 Å². The lowest BCUT2D eigenvalue weighted by atomic mass is 9.96. The number of halogens is 3. The fraction of sp³-hybridized carbons (Fsp3) is 0.200. The molecule has 0 amide bonds. The average molecular weight is 387 g/mol. The van der Waals surface area contributed by atoms with E-state index in [4.69, 9.17) is 5.73 Å². The molecule has 1 unspecified atom stereocenters. The van der Waals surface area contributed by atoms with Crippen LogP contribution in [0.1, 0.15) is 22.7 Å². The molecule has 0 aliphatic carbocycles. The van der Waals surface area contributed by atoms with Crippen molar-refractivity contribution in [2.45, 2.75) is 19.4 Å². The van der Waals surface area contributed by atoms with Crippen LogP contribution in [-0.4, -0.2) is 0 Å². The molecule has 2 aromatic rings. The Hall–Kier alpha value is -0.710. The smallest absolute Gasteiger partial charge is 0.124 e. The normalized spacial score (nSPS) is 12.5. The first-order chi connectivity index (χ1) is 8.95. The van der Waals surface area contributed by atoms with Gasteiger partial charge in [0, 0.05) is 15.0 Å². The minimum absolute atomic E-state index is 0.147. The van der Waals surface area contributed by atoms with Gasteiger partial charge in [0.25, 0.3) is 0 Å². The van der Waals surface area contributed by atoms with Crippen LogP contribution in [-0.2, 0) is 6.42 Å². The second-order valence-electron chi connectivity index (χ2n) is 4.59. The highest BCUT2D eigenvalue weighted by molar-refractivity contribution is 9.10. The van der Waals surface area contributed by atoms with Crippen LogP contribution < -0.4 is 5.73 Å². The molecule has 2 aromatic carbocycles. The van der Waals surface area contributed by atoms with Crippen molar-refractivity contribution in [2.75, 3.05) is 0 Å². The van der Waals surface area contributed by atoms with Crippen molar-refractivity contribution in [2.24, 2.45) is 5.73 Å². The Kier molecular flexibility index (Phi) is 4.76. The van der Waals surface area contributed by atoms with Gasteiger partial charge < -0.3 is 5.73 Å². The largest absolute Gasteiger partial charge is 0.324 e. The second kappa shape index (κ2) is 6.16. The van der Waals surface area contributed by atoms with Crippen molar-refractivity contribution in [3.63, 3.8) is 0 Å². The highest BCUT2D eigenvalue weighted by Crippen LogP contribution is 2.25. The molecular weight excluding hydrogens is 373 g/mol. The minimum Gasteiger partial charge on any atom is -0.324 e. The molecule has 0 bridgehead atoms. The van der Waals surface area contributed by atoms with E-state index in [1.807, 2.05) is 31.2 Å². The summed E-state index contributed by atoms with van der Waals surface area (Å²) in [7, 11) is 0. The zero-order valence-corrected chi connectivity index (χ0v) is 13.6. The van der Waals surface area contributed by atoms with Gasteiger partial charge in [-0.25, -0.2) is 4.39 Å². The summed E-state index contributed by atoms with van der Waals surface area (Å²) in [4.78, 5) is 0. The standard InChI is InChI=1S/C15H14Br2FN/c1-9-2-3-11(16)8-14(9)15(19)6-10-4-12(17)7-13(18)5-10/h2-5,7-8,15H,6,19H2,1H3. The number of hydrogen-bond donors (Lipinski definition) is 1. The molecule has 19 heavy (non-hydrogen) atoms. The van der Waals surface area contributed by atoms with E-state index < -0.39 is 0 Å². The van der Waals surface area contributed by atoms with Crippen molar-refractivity contribution in [3.8, 4) is 0 Å². The number of rotatable bonds is 3. The molecule has 0 spiro atoms. The molecule has 0 aliphatic heterocycles. The molecule has 4 heteroatoms. The molecule has 2 N–H and O–H groups in total. The summed E-state index contributed by atoms with van der Waals surface area (Å²) in [5.41, 5.74) is 9.35. The minimum atomic E-state index is -0.248. The van der Waals surface area contributed by atoms with Crippen molar-refractivity contribution >= 4 is 31.9 Å². The van der Waals surface area contributed by atoms with Gasteiger partial charge in [0.05, 0.1) is 0 Å². The van der Waals surface area contributed by atoms with Crippen LogP contribution in [0.2, 0.25) is 0 Å². The van der Waals surface area contributed by atoms with Crippen LogP contribution >= 0.6 is 31.9 Å². The molecule has 0 aliphatic rings. The van der Waals surface area contributed by atoms with Gasteiger partial charge in [-0.1, -0.05) is 37.9 Å². The van der Waals surface area contributed by atoms with Crippen molar-refractivity contribution < 1.29 is 4.39 Å². The fourth-order valence-corrected chi connectivity index (χ4v) is 3.00. The molecule has 1 atom stereocenters. The first-order valence-corrected chi connectivity index (χ1v) is 7.51. The Labute approximate surface area is 129 Å². The van der Waals surface area contributed by atoms with E-state index >= 15 is 0 Å². The van der Waals surface area contributed by atoms with E-state index in [1.165, 1.54) is 12.1 Å². The summed E-state index contributed by atoms with van der Waals surface area (Å²) < 4.78 is 15.1. The molecular formula is C15H14Br2FN. The molecule has 1 nitrogen and oxygen atoms in total. The molecule has 2 rings (SSSR count). The molecule has 0 radical (unpaired) electrons. The SMILES string of the molecule is Cc1ccc(Br)cc1C(N)Cc1cc(F)cc(Br)c1. The quantitative estimate of drug-likeness (QED) is 0.797. The van der Waals surface area contributed by atoms with E-state index in [9.17, 15) is 4.39 Å². The van der Waals surface area contributed by atoms with E-state index in [0.29, 0.717) is 6.42 Å². The Balaban J connectivity index is 2.25. The van der Waals surface area contributed by atoms with Gasteiger partial charge >= 0.3 is 0 Å². The predicted molar refractivity (Wildman–Crippen MR) is 83.6 cm³/mol. The lowest BCUT2D eigenvalue weighted by Gasteiger charge is -2.15. The van der Waals surface area contributed by atoms with E-state index in [2.05, 4.69) is 31.9 Å². The van der Waals surface area contributed by atoms with E-state index in [-0.39, 0.29) is 11.9 Å². The number of nitrogens with two attached hydrogens (primary N) is 1. The van der Waals surface area contributed by atoms with Crippen LogP contribution in [0.15, 0.2) is 45.3 Å². The van der Waals surface area contributed by atoms with Gasteiger partial charge in [0.15, 0.2) is 0 Å². The summed E-state index contributed by atoms with van der Waals surface area (Å²) in [5, 5.41) is 0. The summed E-state index contributed by atoms with van der Waals surface area (Å²) in [6.45, 7) is 2.03. The van der Waals surface area contributed by atoms with Crippen molar-refractivity contribution in [3.05, 3.63) is 67.9 Å². The molecule has 0 saturated heterocycles. The summed E-state index contributed by atoms with van der Waals surface area (Å²) in [6, 6.07) is 10.8. The predicted octanol–water partition coefficient (Wildman–Crippen LogP) is 4.90. The molecule has 0 fully saturated rings. The van der Waals surface area contributed by atoms with Gasteiger partial charge in [-0.3, -0.25) is 0 Å².